The molecule has 0 spiro atoms. The lowest BCUT2D eigenvalue weighted by molar-refractivity contribution is 0.676. The first-order chi connectivity index (χ1) is 8.60. The van der Waals surface area contributed by atoms with Crippen molar-refractivity contribution in [2.45, 2.75) is 6.54 Å². The van der Waals surface area contributed by atoms with E-state index in [1.807, 2.05) is 0 Å². The second-order valence-electron chi connectivity index (χ2n) is 3.60. The second-order valence-corrected chi connectivity index (χ2v) is 4.10. The number of imidazole rings is 1. The van der Waals surface area contributed by atoms with Crippen molar-refractivity contribution >= 4 is 27.5 Å². The van der Waals surface area contributed by atoms with Gasteiger partial charge >= 0.3 is 22.0 Å². The molecule has 0 radical (unpaired) electrons. The fourth-order valence-corrected chi connectivity index (χ4v) is 1.89. The van der Waals surface area contributed by atoms with Crippen LogP contribution in [0.2, 0.25) is 0 Å². The van der Waals surface area contributed by atoms with Gasteiger partial charge in [-0.15, -0.1) is 6.42 Å². The number of nitrogens with zero attached hydrogens (tertiary/aromatic N) is 3. The van der Waals surface area contributed by atoms with Crippen LogP contribution in [0.4, 0.5) is 0 Å². The summed E-state index contributed by atoms with van der Waals surface area (Å²) >= 11 is 0.708. The number of hydrogen-bond acceptors (Lipinski definition) is 3. The van der Waals surface area contributed by atoms with Crippen LogP contribution < -0.4 is 11.2 Å². The maximum absolute atomic E-state index is 12.1. The third kappa shape index (κ3) is 1.76. The predicted octanol–water partition coefficient (Wildman–Crippen LogP) is -2.00. The first kappa shape index (κ1) is 12.3. The largest absolute Gasteiger partial charge is 0.333 e. The lowest BCUT2D eigenvalue weighted by Gasteiger charge is -2.03. The molecule has 2 rings (SSSR count). The van der Waals surface area contributed by atoms with Gasteiger partial charge in [0.1, 0.15) is 0 Å². The van der Waals surface area contributed by atoms with E-state index in [1.54, 1.807) is 0 Å². The van der Waals surface area contributed by atoms with Gasteiger partial charge in [0.05, 0.1) is 6.54 Å². The first-order valence-electron chi connectivity index (χ1n) is 5.16. The maximum Gasteiger partial charge on any atom is 0.333 e. The van der Waals surface area contributed by atoms with E-state index in [0.717, 1.165) is 4.57 Å². The molecular weight excluding hydrogens is 247 g/mol. The number of nitrogens with one attached hydrogen (secondary N) is 1. The van der Waals surface area contributed by atoms with E-state index in [9.17, 15) is 9.59 Å². The lowest BCUT2D eigenvalue weighted by Crippen LogP contribution is -2.38. The Labute approximate surface area is 110 Å². The highest BCUT2D eigenvalue weighted by atomic mass is 27.0. The summed E-state index contributed by atoms with van der Waals surface area (Å²) in [5, 5.41) is 0. The Balaban J connectivity index is 2.93. The van der Waals surface area contributed by atoms with Crippen LogP contribution in [-0.4, -0.2) is 35.4 Å². The number of H-pyrrole nitrogens is 1. The van der Waals surface area contributed by atoms with E-state index in [1.165, 1.54) is 11.6 Å². The van der Waals surface area contributed by atoms with Gasteiger partial charge in [0.25, 0.3) is 5.56 Å². The molecule has 18 heavy (non-hydrogen) atoms. The van der Waals surface area contributed by atoms with Crippen LogP contribution in [-0.2, 0) is 13.6 Å². The molecule has 0 aliphatic heterocycles. The molecule has 0 atom stereocenters. The van der Waals surface area contributed by atoms with Gasteiger partial charge in [0.2, 0.25) is 0 Å². The molecule has 0 aliphatic rings. The van der Waals surface area contributed by atoms with Crippen LogP contribution >= 0.6 is 0 Å². The van der Waals surface area contributed by atoms with Gasteiger partial charge in [-0.05, 0) is 0 Å². The zero-order valence-electron chi connectivity index (χ0n) is 9.94. The molecular formula is C11H9AlN4O2. The molecule has 0 saturated carbocycles. The smallest absolute Gasteiger partial charge is 0.325 e. The van der Waals surface area contributed by atoms with Crippen LogP contribution in [0, 0.1) is 23.0 Å². The highest BCUT2D eigenvalue weighted by Crippen LogP contribution is 2.03. The van der Waals surface area contributed by atoms with Crippen LogP contribution in [0.25, 0.3) is 11.2 Å². The van der Waals surface area contributed by atoms with Gasteiger partial charge in [-0.2, -0.15) is 0 Å². The maximum atomic E-state index is 12.1. The Bertz CT molecular complexity index is 839. The number of terminal acetylenes is 1. The molecule has 0 aromatic carbocycles. The summed E-state index contributed by atoms with van der Waals surface area (Å²) < 4.78 is 2.27. The molecule has 2 aromatic heterocycles. The zero-order chi connectivity index (χ0) is 13.3. The number of hydrogen-bond donors (Lipinski definition) is 1. The van der Waals surface area contributed by atoms with Crippen molar-refractivity contribution < 1.29 is 0 Å². The molecule has 6 nitrogen and oxygen atoms in total. The molecule has 0 saturated heterocycles. The monoisotopic (exact) mass is 256 g/mol. The van der Waals surface area contributed by atoms with Gasteiger partial charge < -0.3 is 4.98 Å². The summed E-state index contributed by atoms with van der Waals surface area (Å²) in [6, 6.07) is 0. The van der Waals surface area contributed by atoms with Crippen molar-refractivity contribution in [3.8, 4) is 23.0 Å². The minimum Gasteiger partial charge on any atom is -0.325 e. The topological polar surface area (TPSA) is 72.7 Å². The van der Waals surface area contributed by atoms with Crippen LogP contribution in [0.3, 0.4) is 0 Å². The zero-order valence-corrected chi connectivity index (χ0v) is 11.9. The van der Waals surface area contributed by atoms with Crippen molar-refractivity contribution in [1.82, 2.24) is 19.1 Å². The van der Waals surface area contributed by atoms with Gasteiger partial charge in [-0.1, -0.05) is 11.8 Å². The molecule has 1 N–H and O–H groups in total. The lowest BCUT2D eigenvalue weighted by atomic mass is 10.5. The minimum absolute atomic E-state index is 0.0673. The molecule has 88 valence electrons. The Hall–Kier alpha value is -2.20. The third-order valence-electron chi connectivity index (χ3n) is 2.47. The second kappa shape index (κ2) is 4.58. The van der Waals surface area contributed by atoms with E-state index in [2.05, 4.69) is 26.6 Å². The van der Waals surface area contributed by atoms with E-state index < -0.39 is 11.2 Å². The fraction of sp³-hybridized carbons (Fsp3) is 0.182. The standard InChI is InChI=1S/C11H7N4O2.Al.2H/c1-4-6-15-10(16)8-9(14(3)11(15)17)13-7(5-2)12-8;;;/h1H,6H2,3H3,(H,12,13);;;. The van der Waals surface area contributed by atoms with E-state index in [-0.39, 0.29) is 17.7 Å². The molecule has 2 heterocycles. The summed E-state index contributed by atoms with van der Waals surface area (Å²) in [6.45, 7) is -0.0673. The molecule has 7 heteroatoms. The number of rotatable bonds is 1. The van der Waals surface area contributed by atoms with Crippen molar-refractivity contribution in [3.63, 3.8) is 0 Å². The van der Waals surface area contributed by atoms with Gasteiger partial charge in [-0.25, -0.2) is 19.1 Å². The summed E-state index contributed by atoms with van der Waals surface area (Å²) in [4.78, 5) is 33.7. The molecule has 0 aliphatic carbocycles. The van der Waals surface area contributed by atoms with Crippen LogP contribution in [0.5, 0.6) is 0 Å². The highest BCUT2D eigenvalue weighted by Gasteiger charge is 2.13. The Morgan fingerprint density at radius 2 is 2.22 bits per heavy atom. The van der Waals surface area contributed by atoms with E-state index >= 15 is 0 Å². The summed E-state index contributed by atoms with van der Waals surface area (Å²) in [5.41, 5.74) is -0.424. The van der Waals surface area contributed by atoms with Crippen LogP contribution in [0.15, 0.2) is 9.59 Å². The average Bonchev–Trinajstić information content (AvgIpc) is 2.77. The SMILES string of the molecule is C#CCn1c(=O)c2[nH]c(C#[C][AlH2])nc2n(C)c1=O. The predicted molar refractivity (Wildman–Crippen MR) is 69.8 cm³/mol. The van der Waals surface area contributed by atoms with Gasteiger partial charge in [0, 0.05) is 7.05 Å². The highest BCUT2D eigenvalue weighted by molar-refractivity contribution is 6.22. The first-order valence-corrected chi connectivity index (χ1v) is 6.16. The summed E-state index contributed by atoms with van der Waals surface area (Å²) in [7, 11) is 1.54. The van der Waals surface area contributed by atoms with Gasteiger partial charge in [0.15, 0.2) is 17.0 Å². The normalized spacial score (nSPS) is 9.78. The minimum atomic E-state index is -0.484. The average molecular weight is 256 g/mol. The molecule has 0 amide bonds. The molecule has 2 aromatic rings. The number of aromatic nitrogens is 4. The quantitative estimate of drug-likeness (QED) is 0.474. The number of aromatic amines is 1. The molecule has 0 fully saturated rings. The summed E-state index contributed by atoms with van der Waals surface area (Å²) in [6.07, 6.45) is 5.14. The van der Waals surface area contributed by atoms with Crippen molar-refractivity contribution in [3.05, 3.63) is 26.7 Å². The molecule has 0 bridgehead atoms. The van der Waals surface area contributed by atoms with Crippen molar-refractivity contribution in [2.24, 2.45) is 7.05 Å². The Morgan fingerprint density at radius 3 is 2.83 bits per heavy atom. The van der Waals surface area contributed by atoms with Gasteiger partial charge in [-0.3, -0.25) is 9.36 Å². The number of fused-ring (bicyclic) bond motifs is 1. The van der Waals surface area contributed by atoms with Crippen LogP contribution in [0.1, 0.15) is 5.82 Å². The van der Waals surface area contributed by atoms with Crippen molar-refractivity contribution in [1.29, 1.82) is 0 Å². The van der Waals surface area contributed by atoms with Crippen molar-refractivity contribution in [2.75, 3.05) is 0 Å². The Kier molecular flexibility index (Phi) is 3.12. The fourth-order valence-electron chi connectivity index (χ4n) is 1.66. The van der Waals surface area contributed by atoms with E-state index in [0.29, 0.717) is 22.1 Å². The number of aryl methyl sites for hydroxylation is 1. The van der Waals surface area contributed by atoms with E-state index in [4.69, 9.17) is 6.42 Å². The summed E-state index contributed by atoms with van der Waals surface area (Å²) in [5.74, 6) is 5.43. The molecule has 0 unspecified atom stereocenters. The Morgan fingerprint density at radius 1 is 1.50 bits per heavy atom. The third-order valence-corrected chi connectivity index (χ3v) is 2.72.